The first-order valence-corrected chi connectivity index (χ1v) is 7.57. The van der Waals surface area contributed by atoms with E-state index in [2.05, 4.69) is 28.2 Å². The van der Waals surface area contributed by atoms with Crippen LogP contribution in [0.4, 0.5) is 0 Å². The molecule has 1 saturated heterocycles. The van der Waals surface area contributed by atoms with Crippen LogP contribution in [0.15, 0.2) is 10.5 Å². The largest absolute Gasteiger partial charge is 0.493 e. The van der Waals surface area contributed by atoms with Gasteiger partial charge in [-0.05, 0) is 56.8 Å². The summed E-state index contributed by atoms with van der Waals surface area (Å²) in [7, 11) is 3.41. The lowest BCUT2D eigenvalue weighted by atomic mass is 9.88. The zero-order valence-electron chi connectivity index (χ0n) is 11.9. The standard InChI is InChI=1S/C15H22BrNO2/c1-10-12(8-11-4-6-17-7-5-11)15(19-3)14(18-2)9-13(10)16/h9,11,17H,4-8H2,1-3H3. The number of methoxy groups -OCH3 is 2. The van der Waals surface area contributed by atoms with Gasteiger partial charge in [-0.3, -0.25) is 0 Å². The van der Waals surface area contributed by atoms with Crippen LogP contribution < -0.4 is 14.8 Å². The highest BCUT2D eigenvalue weighted by atomic mass is 79.9. The summed E-state index contributed by atoms with van der Waals surface area (Å²) in [6.45, 7) is 4.39. The summed E-state index contributed by atoms with van der Waals surface area (Å²) in [5, 5.41) is 3.41. The first-order chi connectivity index (χ1) is 9.17. The van der Waals surface area contributed by atoms with Gasteiger partial charge in [0.25, 0.3) is 0 Å². The van der Waals surface area contributed by atoms with Crippen molar-refractivity contribution in [2.75, 3.05) is 27.3 Å². The van der Waals surface area contributed by atoms with Gasteiger partial charge >= 0.3 is 0 Å². The van der Waals surface area contributed by atoms with Crippen LogP contribution in [0.1, 0.15) is 24.0 Å². The van der Waals surface area contributed by atoms with Crippen molar-refractivity contribution in [2.45, 2.75) is 26.2 Å². The van der Waals surface area contributed by atoms with Gasteiger partial charge in [0.1, 0.15) is 0 Å². The average molecular weight is 328 g/mol. The number of halogens is 1. The summed E-state index contributed by atoms with van der Waals surface area (Å²) in [6.07, 6.45) is 3.53. The molecule has 1 aromatic rings. The zero-order valence-corrected chi connectivity index (χ0v) is 13.5. The van der Waals surface area contributed by atoms with E-state index in [1.165, 1.54) is 24.0 Å². The lowest BCUT2D eigenvalue weighted by Crippen LogP contribution is -2.28. The van der Waals surface area contributed by atoms with Crippen LogP contribution in [0.3, 0.4) is 0 Å². The van der Waals surface area contributed by atoms with Crippen molar-refractivity contribution in [3.05, 3.63) is 21.7 Å². The Labute approximate surface area is 123 Å². The molecule has 1 N–H and O–H groups in total. The van der Waals surface area contributed by atoms with Crippen molar-refractivity contribution in [2.24, 2.45) is 5.92 Å². The first-order valence-electron chi connectivity index (χ1n) is 6.78. The Hall–Kier alpha value is -0.740. The molecule has 1 fully saturated rings. The maximum absolute atomic E-state index is 5.58. The van der Waals surface area contributed by atoms with E-state index in [4.69, 9.17) is 9.47 Å². The Bertz CT molecular complexity index is 442. The fourth-order valence-corrected chi connectivity index (χ4v) is 3.19. The molecule has 1 aliphatic heterocycles. The molecule has 0 bridgehead atoms. The van der Waals surface area contributed by atoms with Crippen molar-refractivity contribution in [1.29, 1.82) is 0 Å². The van der Waals surface area contributed by atoms with E-state index in [1.54, 1.807) is 14.2 Å². The number of hydrogen-bond acceptors (Lipinski definition) is 3. The summed E-state index contributed by atoms with van der Waals surface area (Å²) in [4.78, 5) is 0. The van der Waals surface area contributed by atoms with Crippen LogP contribution in [0.2, 0.25) is 0 Å². The number of hydrogen-bond donors (Lipinski definition) is 1. The molecule has 3 nitrogen and oxygen atoms in total. The van der Waals surface area contributed by atoms with Crippen molar-refractivity contribution in [1.82, 2.24) is 5.32 Å². The number of rotatable bonds is 4. The van der Waals surface area contributed by atoms with Crippen LogP contribution in [0, 0.1) is 12.8 Å². The molecule has 0 aromatic heterocycles. The van der Waals surface area contributed by atoms with Gasteiger partial charge in [0.2, 0.25) is 0 Å². The van der Waals surface area contributed by atoms with E-state index in [0.29, 0.717) is 0 Å². The quantitative estimate of drug-likeness (QED) is 0.920. The Kier molecular flexibility index (Phi) is 5.11. The highest BCUT2D eigenvalue weighted by Gasteiger charge is 2.21. The molecular formula is C15H22BrNO2. The van der Waals surface area contributed by atoms with Crippen molar-refractivity contribution < 1.29 is 9.47 Å². The van der Waals surface area contributed by atoms with E-state index in [1.807, 2.05) is 6.07 Å². The first kappa shape index (κ1) is 14.7. The van der Waals surface area contributed by atoms with Gasteiger partial charge in [-0.25, -0.2) is 0 Å². The number of benzene rings is 1. The highest BCUT2D eigenvalue weighted by Crippen LogP contribution is 2.39. The fraction of sp³-hybridized carbons (Fsp3) is 0.600. The third kappa shape index (κ3) is 3.23. The van der Waals surface area contributed by atoms with E-state index < -0.39 is 0 Å². The molecule has 106 valence electrons. The van der Waals surface area contributed by atoms with Gasteiger partial charge < -0.3 is 14.8 Å². The molecule has 1 aromatic carbocycles. The average Bonchev–Trinajstić information content (AvgIpc) is 2.44. The Morgan fingerprint density at radius 3 is 2.53 bits per heavy atom. The zero-order chi connectivity index (χ0) is 13.8. The number of ether oxygens (including phenoxy) is 2. The van der Waals surface area contributed by atoms with Crippen LogP contribution in [-0.2, 0) is 6.42 Å². The Morgan fingerprint density at radius 2 is 1.95 bits per heavy atom. The van der Waals surface area contributed by atoms with E-state index in [9.17, 15) is 0 Å². The monoisotopic (exact) mass is 327 g/mol. The summed E-state index contributed by atoms with van der Waals surface area (Å²) in [5.41, 5.74) is 2.54. The van der Waals surface area contributed by atoms with Gasteiger partial charge in [-0.15, -0.1) is 0 Å². The molecule has 1 heterocycles. The molecule has 0 amide bonds. The van der Waals surface area contributed by atoms with Crippen LogP contribution in [-0.4, -0.2) is 27.3 Å². The van der Waals surface area contributed by atoms with Gasteiger partial charge in [0.15, 0.2) is 11.5 Å². The third-order valence-corrected chi connectivity index (χ3v) is 4.77. The molecule has 1 aliphatic rings. The lowest BCUT2D eigenvalue weighted by molar-refractivity contribution is 0.338. The minimum atomic E-state index is 0.729. The predicted octanol–water partition coefficient (Wildman–Crippen LogP) is 3.32. The van der Waals surface area contributed by atoms with Crippen LogP contribution >= 0.6 is 15.9 Å². The van der Waals surface area contributed by atoms with Gasteiger partial charge in [0.05, 0.1) is 14.2 Å². The van der Waals surface area contributed by atoms with Crippen molar-refractivity contribution in [3.63, 3.8) is 0 Å². The second kappa shape index (κ2) is 6.62. The van der Waals surface area contributed by atoms with Gasteiger partial charge in [0, 0.05) is 10.0 Å². The second-order valence-electron chi connectivity index (χ2n) is 5.09. The third-order valence-electron chi connectivity index (χ3n) is 3.94. The normalized spacial score (nSPS) is 16.4. The van der Waals surface area contributed by atoms with E-state index in [-0.39, 0.29) is 0 Å². The SMILES string of the molecule is COc1cc(Br)c(C)c(CC2CCNCC2)c1OC. The van der Waals surface area contributed by atoms with Crippen molar-refractivity contribution >= 4 is 15.9 Å². The van der Waals surface area contributed by atoms with Gasteiger partial charge in [-0.2, -0.15) is 0 Å². The minimum Gasteiger partial charge on any atom is -0.493 e. The molecule has 0 unspecified atom stereocenters. The van der Waals surface area contributed by atoms with E-state index >= 15 is 0 Å². The molecule has 4 heteroatoms. The summed E-state index contributed by atoms with van der Waals surface area (Å²) < 4.78 is 12.1. The lowest BCUT2D eigenvalue weighted by Gasteiger charge is -2.25. The summed E-state index contributed by atoms with van der Waals surface area (Å²) in [5.74, 6) is 2.43. The maximum atomic E-state index is 5.58. The summed E-state index contributed by atoms with van der Waals surface area (Å²) >= 11 is 3.62. The molecular weight excluding hydrogens is 306 g/mol. The molecule has 0 aliphatic carbocycles. The van der Waals surface area contributed by atoms with Crippen LogP contribution in [0.25, 0.3) is 0 Å². The highest BCUT2D eigenvalue weighted by molar-refractivity contribution is 9.10. The van der Waals surface area contributed by atoms with Crippen LogP contribution in [0.5, 0.6) is 11.5 Å². The number of nitrogens with one attached hydrogen (secondary N) is 1. The minimum absolute atomic E-state index is 0.729. The molecule has 0 atom stereocenters. The fourth-order valence-electron chi connectivity index (χ4n) is 2.75. The Balaban J connectivity index is 2.33. The van der Waals surface area contributed by atoms with E-state index in [0.717, 1.165) is 41.4 Å². The van der Waals surface area contributed by atoms with Crippen molar-refractivity contribution in [3.8, 4) is 11.5 Å². The summed E-state index contributed by atoms with van der Waals surface area (Å²) in [6, 6.07) is 1.99. The molecule has 0 radical (unpaired) electrons. The molecule has 0 spiro atoms. The predicted molar refractivity (Wildman–Crippen MR) is 81.3 cm³/mol. The maximum Gasteiger partial charge on any atom is 0.164 e. The molecule has 2 rings (SSSR count). The van der Waals surface area contributed by atoms with Gasteiger partial charge in [-0.1, -0.05) is 15.9 Å². The smallest absolute Gasteiger partial charge is 0.164 e. The Morgan fingerprint density at radius 1 is 1.26 bits per heavy atom. The topological polar surface area (TPSA) is 30.5 Å². The number of piperidine rings is 1. The molecule has 0 saturated carbocycles. The molecule has 19 heavy (non-hydrogen) atoms. The second-order valence-corrected chi connectivity index (χ2v) is 5.95.